The second-order valence-corrected chi connectivity index (χ2v) is 6.29. The highest BCUT2D eigenvalue weighted by molar-refractivity contribution is 6.02. The van der Waals surface area contributed by atoms with Crippen molar-refractivity contribution in [3.63, 3.8) is 0 Å². The Hall–Kier alpha value is -2.95. The van der Waals surface area contributed by atoms with E-state index >= 15 is 0 Å². The Morgan fingerprint density at radius 1 is 1.16 bits per heavy atom. The van der Waals surface area contributed by atoms with E-state index < -0.39 is 5.97 Å². The van der Waals surface area contributed by atoms with Gasteiger partial charge in [0.2, 0.25) is 0 Å². The Morgan fingerprint density at radius 2 is 1.92 bits per heavy atom. The minimum atomic E-state index is -0.826. The van der Waals surface area contributed by atoms with Crippen molar-refractivity contribution >= 4 is 22.6 Å². The van der Waals surface area contributed by atoms with E-state index in [1.54, 1.807) is 12.4 Å². The molecule has 0 bridgehead atoms. The molecule has 0 radical (unpaired) electrons. The summed E-state index contributed by atoms with van der Waals surface area (Å²) in [5.74, 6) is 0.297. The molecular weight excluding hydrogens is 314 g/mol. The lowest BCUT2D eigenvalue weighted by Crippen LogP contribution is -2.09. The monoisotopic (exact) mass is 335 g/mol. The molecule has 0 saturated carbocycles. The third kappa shape index (κ3) is 3.76. The molecule has 0 atom stereocenters. The molecule has 5 nitrogen and oxygen atoms in total. The number of aromatic nitrogens is 2. The first-order chi connectivity index (χ1) is 12.1. The number of aliphatic carboxylic acids is 1. The van der Waals surface area contributed by atoms with E-state index in [1.807, 2.05) is 18.3 Å². The van der Waals surface area contributed by atoms with Crippen LogP contribution in [0.2, 0.25) is 0 Å². The molecule has 1 aromatic carbocycles. The number of fused-ring (bicyclic) bond motifs is 1. The number of anilines is 1. The lowest BCUT2D eigenvalue weighted by Gasteiger charge is -2.14. The number of benzene rings is 1. The maximum absolute atomic E-state index is 10.8. The minimum absolute atomic E-state index is 0.0547. The van der Waals surface area contributed by atoms with Gasteiger partial charge in [0.25, 0.3) is 0 Å². The average Bonchev–Trinajstić information content (AvgIpc) is 2.61. The van der Waals surface area contributed by atoms with Crippen LogP contribution < -0.4 is 5.32 Å². The molecule has 0 aliphatic heterocycles. The molecule has 2 N–H and O–H groups in total. The van der Waals surface area contributed by atoms with E-state index in [0.29, 0.717) is 12.5 Å². The van der Waals surface area contributed by atoms with Gasteiger partial charge in [-0.05, 0) is 40.6 Å². The molecule has 3 rings (SSSR count). The lowest BCUT2D eigenvalue weighted by atomic mass is 9.96. The van der Waals surface area contributed by atoms with Gasteiger partial charge >= 0.3 is 5.97 Å². The summed E-state index contributed by atoms with van der Waals surface area (Å²) in [6, 6.07) is 10.3. The number of rotatable bonds is 6. The number of nitrogens with one attached hydrogen (secondary N) is 1. The van der Waals surface area contributed by atoms with Crippen LogP contribution in [0.1, 0.15) is 31.7 Å². The molecule has 0 fully saturated rings. The molecule has 0 unspecified atom stereocenters. The SMILES string of the molecule is CC(C)c1ccc2c(-c3ccncc3)cnc(NCCC(=O)O)c2c1. The Morgan fingerprint density at radius 3 is 2.60 bits per heavy atom. The van der Waals surface area contributed by atoms with Crippen molar-refractivity contribution in [2.45, 2.75) is 26.2 Å². The third-order valence-electron chi connectivity index (χ3n) is 4.20. The largest absolute Gasteiger partial charge is 0.481 e. The molecule has 2 heterocycles. The van der Waals surface area contributed by atoms with Gasteiger partial charge in [-0.1, -0.05) is 26.0 Å². The van der Waals surface area contributed by atoms with Gasteiger partial charge in [-0.25, -0.2) is 4.98 Å². The van der Waals surface area contributed by atoms with Crippen LogP contribution in [0.25, 0.3) is 21.9 Å². The van der Waals surface area contributed by atoms with E-state index in [0.717, 1.165) is 27.7 Å². The summed E-state index contributed by atoms with van der Waals surface area (Å²) < 4.78 is 0. The molecule has 0 aliphatic rings. The van der Waals surface area contributed by atoms with E-state index in [1.165, 1.54) is 5.56 Å². The number of carboxylic acids is 1. The molecule has 3 aromatic rings. The first-order valence-electron chi connectivity index (χ1n) is 8.35. The van der Waals surface area contributed by atoms with Crippen molar-refractivity contribution in [2.75, 3.05) is 11.9 Å². The summed E-state index contributed by atoms with van der Waals surface area (Å²) >= 11 is 0. The van der Waals surface area contributed by atoms with Crippen LogP contribution in [-0.4, -0.2) is 27.6 Å². The number of carboxylic acid groups (broad SMARTS) is 1. The summed E-state index contributed by atoms with van der Waals surface area (Å²) in [6.45, 7) is 4.65. The minimum Gasteiger partial charge on any atom is -0.481 e. The number of hydrogen-bond donors (Lipinski definition) is 2. The van der Waals surface area contributed by atoms with Crippen molar-refractivity contribution in [1.82, 2.24) is 9.97 Å². The molecule has 0 amide bonds. The standard InChI is InChI=1S/C20H21N3O2/c1-13(2)15-3-4-16-17(11-15)20(22-10-7-19(24)25)23-12-18(16)14-5-8-21-9-6-14/h3-6,8-9,11-13H,7,10H2,1-2H3,(H,22,23)(H,24,25). The van der Waals surface area contributed by atoms with Crippen LogP contribution in [0.4, 0.5) is 5.82 Å². The number of carbonyl (C=O) groups is 1. The quantitative estimate of drug-likeness (QED) is 0.702. The van der Waals surface area contributed by atoms with Crippen molar-refractivity contribution in [1.29, 1.82) is 0 Å². The molecule has 0 saturated heterocycles. The Kier molecular flexibility index (Phi) is 4.93. The summed E-state index contributed by atoms with van der Waals surface area (Å²) in [7, 11) is 0. The molecular formula is C20H21N3O2. The fourth-order valence-electron chi connectivity index (χ4n) is 2.81. The second kappa shape index (κ2) is 7.30. The van der Waals surface area contributed by atoms with Gasteiger partial charge in [0, 0.05) is 36.1 Å². The smallest absolute Gasteiger partial charge is 0.305 e. The predicted octanol–water partition coefficient (Wildman–Crippen LogP) is 4.31. The molecule has 25 heavy (non-hydrogen) atoms. The Balaban J connectivity index is 2.10. The van der Waals surface area contributed by atoms with Crippen LogP contribution in [0.15, 0.2) is 48.9 Å². The van der Waals surface area contributed by atoms with Crippen molar-refractivity contribution in [3.8, 4) is 11.1 Å². The van der Waals surface area contributed by atoms with Crippen LogP contribution >= 0.6 is 0 Å². The zero-order valence-electron chi connectivity index (χ0n) is 14.4. The van der Waals surface area contributed by atoms with E-state index in [-0.39, 0.29) is 6.42 Å². The zero-order chi connectivity index (χ0) is 17.8. The van der Waals surface area contributed by atoms with Gasteiger partial charge in [-0.3, -0.25) is 9.78 Å². The number of pyridine rings is 2. The third-order valence-corrected chi connectivity index (χ3v) is 4.20. The molecule has 0 aliphatic carbocycles. The van der Waals surface area contributed by atoms with Crippen molar-refractivity contribution in [2.24, 2.45) is 0 Å². The number of nitrogens with zero attached hydrogens (tertiary/aromatic N) is 2. The molecule has 2 aromatic heterocycles. The van der Waals surface area contributed by atoms with Crippen LogP contribution in [0.5, 0.6) is 0 Å². The predicted molar refractivity (Wildman–Crippen MR) is 99.8 cm³/mol. The molecule has 5 heteroatoms. The van der Waals surface area contributed by atoms with Crippen molar-refractivity contribution in [3.05, 3.63) is 54.5 Å². The van der Waals surface area contributed by atoms with Crippen LogP contribution in [0, 0.1) is 0 Å². The first-order valence-corrected chi connectivity index (χ1v) is 8.35. The average molecular weight is 335 g/mol. The Bertz CT molecular complexity index is 892. The van der Waals surface area contributed by atoms with Gasteiger partial charge in [0.1, 0.15) is 5.82 Å². The zero-order valence-corrected chi connectivity index (χ0v) is 14.4. The summed E-state index contributed by atoms with van der Waals surface area (Å²) in [4.78, 5) is 19.4. The van der Waals surface area contributed by atoms with Gasteiger partial charge in [0.05, 0.1) is 6.42 Å². The first kappa shape index (κ1) is 16.9. The van der Waals surface area contributed by atoms with Crippen LogP contribution in [0.3, 0.4) is 0 Å². The van der Waals surface area contributed by atoms with Gasteiger partial charge in [-0.2, -0.15) is 0 Å². The van der Waals surface area contributed by atoms with E-state index in [2.05, 4.69) is 47.3 Å². The van der Waals surface area contributed by atoms with E-state index in [9.17, 15) is 4.79 Å². The molecule has 0 spiro atoms. The Labute approximate surface area is 146 Å². The van der Waals surface area contributed by atoms with Gasteiger partial charge in [0.15, 0.2) is 0 Å². The lowest BCUT2D eigenvalue weighted by molar-refractivity contribution is -0.136. The second-order valence-electron chi connectivity index (χ2n) is 6.29. The highest BCUT2D eigenvalue weighted by Crippen LogP contribution is 2.33. The topological polar surface area (TPSA) is 75.1 Å². The highest BCUT2D eigenvalue weighted by Gasteiger charge is 2.11. The highest BCUT2D eigenvalue weighted by atomic mass is 16.4. The summed E-state index contributed by atoms with van der Waals surface area (Å²) in [6.07, 6.45) is 5.42. The van der Waals surface area contributed by atoms with Crippen molar-refractivity contribution < 1.29 is 9.90 Å². The normalized spacial score (nSPS) is 11.0. The maximum atomic E-state index is 10.8. The van der Waals surface area contributed by atoms with Crippen LogP contribution in [-0.2, 0) is 4.79 Å². The fraction of sp³-hybridized carbons (Fsp3) is 0.250. The number of hydrogen-bond acceptors (Lipinski definition) is 4. The van der Waals surface area contributed by atoms with E-state index in [4.69, 9.17) is 5.11 Å². The maximum Gasteiger partial charge on any atom is 0.305 e. The van der Waals surface area contributed by atoms with Gasteiger partial charge in [-0.15, -0.1) is 0 Å². The fourth-order valence-corrected chi connectivity index (χ4v) is 2.81. The molecule has 128 valence electrons. The summed E-state index contributed by atoms with van der Waals surface area (Å²) in [5, 5.41) is 14.1. The summed E-state index contributed by atoms with van der Waals surface area (Å²) in [5.41, 5.74) is 3.32. The van der Waals surface area contributed by atoms with Gasteiger partial charge < -0.3 is 10.4 Å².